The number of nitrogens with two attached hydrogens (primary N) is 1. The fourth-order valence-electron chi connectivity index (χ4n) is 0.638. The number of aliphatic imine (C=N–C) groups is 2. The van der Waals surface area contributed by atoms with E-state index in [1.165, 1.54) is 18.7 Å². The molecule has 1 heterocycles. The van der Waals surface area contributed by atoms with Crippen molar-refractivity contribution < 1.29 is 4.79 Å². The maximum atomic E-state index is 10.2. The highest BCUT2D eigenvalue weighted by atomic mass is 16.1. The van der Waals surface area contributed by atoms with Gasteiger partial charge in [-0.15, -0.1) is 0 Å². The fraction of sp³-hybridized carbons (Fsp3) is 0.125. The fourth-order valence-corrected chi connectivity index (χ4v) is 0.638. The lowest BCUT2D eigenvalue weighted by molar-refractivity contribution is 0.111. The normalized spacial score (nSPS) is 11.9. The molecule has 0 bridgehead atoms. The van der Waals surface area contributed by atoms with Crippen LogP contribution in [0.15, 0.2) is 22.4 Å². The highest BCUT2D eigenvalue weighted by Crippen LogP contribution is 2.02. The average molecular weight is 191 g/mol. The Morgan fingerprint density at radius 1 is 1.50 bits per heavy atom. The molecule has 1 aromatic heterocycles. The summed E-state index contributed by atoms with van der Waals surface area (Å²) < 4.78 is 0. The van der Waals surface area contributed by atoms with Gasteiger partial charge in [-0.3, -0.25) is 4.79 Å². The van der Waals surface area contributed by atoms with Crippen LogP contribution in [0.3, 0.4) is 0 Å². The molecule has 72 valence electrons. The number of hydrogen-bond acceptors (Lipinski definition) is 4. The molecule has 14 heavy (non-hydrogen) atoms. The molecule has 0 aromatic carbocycles. The van der Waals surface area contributed by atoms with E-state index in [0.29, 0.717) is 17.9 Å². The summed E-state index contributed by atoms with van der Waals surface area (Å²) in [6.07, 6.45) is 4.60. The molecular weight excluding hydrogens is 182 g/mol. The topological polar surface area (TPSA) is 93.6 Å². The van der Waals surface area contributed by atoms with Gasteiger partial charge in [-0.1, -0.05) is 0 Å². The highest BCUT2D eigenvalue weighted by Gasteiger charge is 1.92. The Bertz CT molecular complexity index is 364. The molecule has 0 unspecified atom stereocenters. The van der Waals surface area contributed by atoms with Gasteiger partial charge in [0.05, 0.1) is 18.2 Å². The third kappa shape index (κ3) is 3.10. The molecule has 6 nitrogen and oxygen atoms in total. The summed E-state index contributed by atoms with van der Waals surface area (Å²) in [5.74, 6) is 0.784. The molecule has 0 radical (unpaired) electrons. The van der Waals surface area contributed by atoms with Crippen LogP contribution in [0.25, 0.3) is 0 Å². The molecule has 0 spiro atoms. The number of nitrogens with zero attached hydrogens (tertiary/aromatic N) is 4. The Kier molecular flexibility index (Phi) is 3.42. The maximum Gasteiger partial charge on any atom is 0.172 e. The molecule has 0 saturated carbocycles. The first kappa shape index (κ1) is 9.97. The number of rotatable bonds is 3. The number of aldehydes is 1. The van der Waals surface area contributed by atoms with Crippen LogP contribution in [0.4, 0.5) is 5.82 Å². The molecular formula is C8H9N5O. The molecule has 2 N–H and O–H groups in total. The zero-order valence-electron chi connectivity index (χ0n) is 7.58. The van der Waals surface area contributed by atoms with Crippen LogP contribution >= 0.6 is 0 Å². The van der Waals surface area contributed by atoms with Crippen LogP contribution in [0.1, 0.15) is 17.4 Å². The van der Waals surface area contributed by atoms with Gasteiger partial charge in [0.25, 0.3) is 0 Å². The first-order valence-electron chi connectivity index (χ1n) is 3.82. The van der Waals surface area contributed by atoms with Crippen molar-refractivity contribution in [3.05, 3.63) is 18.1 Å². The summed E-state index contributed by atoms with van der Waals surface area (Å²) in [5.41, 5.74) is 5.54. The van der Waals surface area contributed by atoms with E-state index in [1.807, 2.05) is 0 Å². The molecule has 0 atom stereocenters. The van der Waals surface area contributed by atoms with Crippen LogP contribution in [-0.2, 0) is 0 Å². The van der Waals surface area contributed by atoms with E-state index in [2.05, 4.69) is 20.0 Å². The zero-order chi connectivity index (χ0) is 10.4. The Morgan fingerprint density at radius 3 is 2.79 bits per heavy atom. The minimum atomic E-state index is 0.266. The van der Waals surface area contributed by atoms with Gasteiger partial charge in [0.1, 0.15) is 12.0 Å². The molecule has 0 fully saturated rings. The molecule has 6 heteroatoms. The molecule has 0 aliphatic carbocycles. The summed E-state index contributed by atoms with van der Waals surface area (Å²) in [4.78, 5) is 25.4. The van der Waals surface area contributed by atoms with Crippen LogP contribution < -0.4 is 5.73 Å². The Morgan fingerprint density at radius 2 is 2.29 bits per heavy atom. The molecule has 1 aromatic rings. The van der Waals surface area contributed by atoms with E-state index < -0.39 is 0 Å². The molecule has 0 amide bonds. The highest BCUT2D eigenvalue weighted by molar-refractivity contribution is 5.85. The van der Waals surface area contributed by atoms with E-state index in [1.54, 1.807) is 6.92 Å². The Balaban J connectivity index is 2.73. The van der Waals surface area contributed by atoms with Gasteiger partial charge in [0, 0.05) is 0 Å². The number of aromatic nitrogens is 2. The minimum Gasteiger partial charge on any atom is -0.387 e. The number of hydrogen-bond donors (Lipinski definition) is 1. The zero-order valence-corrected chi connectivity index (χ0v) is 7.58. The van der Waals surface area contributed by atoms with E-state index in [0.717, 1.165) is 0 Å². The Hall–Kier alpha value is -2.11. The van der Waals surface area contributed by atoms with Crippen LogP contribution in [0.5, 0.6) is 0 Å². The van der Waals surface area contributed by atoms with Crippen molar-refractivity contribution in [2.24, 2.45) is 15.7 Å². The van der Waals surface area contributed by atoms with Crippen LogP contribution in [0, 0.1) is 0 Å². The van der Waals surface area contributed by atoms with Crippen molar-refractivity contribution in [2.45, 2.75) is 6.92 Å². The van der Waals surface area contributed by atoms with E-state index >= 15 is 0 Å². The summed E-state index contributed by atoms with van der Waals surface area (Å²) in [7, 11) is 0. The first-order valence-corrected chi connectivity index (χ1v) is 3.82. The van der Waals surface area contributed by atoms with Crippen molar-refractivity contribution in [2.75, 3.05) is 0 Å². The first-order chi connectivity index (χ1) is 6.72. The van der Waals surface area contributed by atoms with Crippen molar-refractivity contribution >= 4 is 24.3 Å². The third-order valence-corrected chi connectivity index (χ3v) is 1.23. The quantitative estimate of drug-likeness (QED) is 0.423. The SMILES string of the molecule is CC(N)=NC=Nc1cnc(C=O)cn1. The van der Waals surface area contributed by atoms with Crippen molar-refractivity contribution in [1.82, 2.24) is 9.97 Å². The summed E-state index contributed by atoms with van der Waals surface area (Å²) >= 11 is 0. The lowest BCUT2D eigenvalue weighted by Crippen LogP contribution is -2.04. The largest absolute Gasteiger partial charge is 0.387 e. The standard InChI is InChI=1S/C8H9N5O/c1-6(9)12-5-13-8-3-10-7(4-14)2-11-8/h2-5H,1H3,(H2,9,11,12,13). The van der Waals surface area contributed by atoms with E-state index in [-0.39, 0.29) is 5.69 Å². The van der Waals surface area contributed by atoms with Crippen LogP contribution in [-0.4, -0.2) is 28.4 Å². The number of carbonyl (C=O) groups is 1. The minimum absolute atomic E-state index is 0.266. The van der Waals surface area contributed by atoms with Crippen LogP contribution in [0.2, 0.25) is 0 Å². The summed E-state index contributed by atoms with van der Waals surface area (Å²) in [6, 6.07) is 0. The maximum absolute atomic E-state index is 10.2. The predicted molar refractivity (Wildman–Crippen MR) is 52.9 cm³/mol. The summed E-state index contributed by atoms with van der Waals surface area (Å²) in [5, 5.41) is 0. The smallest absolute Gasteiger partial charge is 0.172 e. The van der Waals surface area contributed by atoms with Gasteiger partial charge >= 0.3 is 0 Å². The second-order valence-electron chi connectivity index (χ2n) is 2.43. The molecule has 1 rings (SSSR count). The van der Waals surface area contributed by atoms with Crippen molar-refractivity contribution in [3.8, 4) is 0 Å². The van der Waals surface area contributed by atoms with Gasteiger partial charge in [0.2, 0.25) is 0 Å². The van der Waals surface area contributed by atoms with E-state index in [4.69, 9.17) is 5.73 Å². The lowest BCUT2D eigenvalue weighted by Gasteiger charge is -1.90. The second kappa shape index (κ2) is 4.80. The van der Waals surface area contributed by atoms with Crippen molar-refractivity contribution in [1.29, 1.82) is 0 Å². The Labute approximate surface area is 80.6 Å². The van der Waals surface area contributed by atoms with Gasteiger partial charge in [-0.2, -0.15) is 0 Å². The molecule has 0 saturated heterocycles. The van der Waals surface area contributed by atoms with Gasteiger partial charge in [0.15, 0.2) is 12.1 Å². The monoisotopic (exact) mass is 191 g/mol. The average Bonchev–Trinajstić information content (AvgIpc) is 2.18. The second-order valence-corrected chi connectivity index (χ2v) is 2.43. The number of carbonyl (C=O) groups excluding carboxylic acids is 1. The lowest BCUT2D eigenvalue weighted by atomic mass is 10.5. The molecule has 0 aliphatic rings. The summed E-state index contributed by atoms with van der Waals surface area (Å²) in [6.45, 7) is 1.65. The number of amidine groups is 1. The van der Waals surface area contributed by atoms with Gasteiger partial charge in [-0.05, 0) is 6.92 Å². The van der Waals surface area contributed by atoms with Gasteiger partial charge < -0.3 is 5.73 Å². The third-order valence-electron chi connectivity index (χ3n) is 1.23. The predicted octanol–water partition coefficient (Wildman–Crippen LogP) is 0.326. The molecule has 0 aliphatic heterocycles. The van der Waals surface area contributed by atoms with Gasteiger partial charge in [-0.25, -0.2) is 20.0 Å². The van der Waals surface area contributed by atoms with E-state index in [9.17, 15) is 4.79 Å². The van der Waals surface area contributed by atoms with Crippen molar-refractivity contribution in [3.63, 3.8) is 0 Å².